The van der Waals surface area contributed by atoms with E-state index in [1.165, 1.54) is 12.1 Å². The molecule has 0 atom stereocenters. The Morgan fingerprint density at radius 1 is 1.35 bits per heavy atom. The quantitative estimate of drug-likeness (QED) is 0.362. The van der Waals surface area contributed by atoms with E-state index in [1.807, 2.05) is 20.8 Å². The Morgan fingerprint density at radius 3 is 2.65 bits per heavy atom. The molecule has 0 saturated heterocycles. The van der Waals surface area contributed by atoms with E-state index in [9.17, 15) is 4.39 Å². The summed E-state index contributed by atoms with van der Waals surface area (Å²) in [6, 6.07) is 4.46. The minimum atomic E-state index is -0.345. The summed E-state index contributed by atoms with van der Waals surface area (Å²) in [6.07, 6.45) is 0. The molecule has 0 aliphatic carbocycles. The van der Waals surface area contributed by atoms with Gasteiger partial charge in [0, 0.05) is 30.5 Å². The molecule has 2 N–H and O–H groups in total. The van der Waals surface area contributed by atoms with Crippen LogP contribution in [0.3, 0.4) is 0 Å². The van der Waals surface area contributed by atoms with Crippen molar-refractivity contribution in [3.63, 3.8) is 0 Å². The maximum absolute atomic E-state index is 13.3. The molecule has 6 nitrogen and oxygen atoms in total. The number of benzene rings is 1. The first-order chi connectivity index (χ1) is 11.8. The van der Waals surface area contributed by atoms with Gasteiger partial charge in [-0.15, -0.1) is 24.0 Å². The number of guanidine groups is 1. The van der Waals surface area contributed by atoms with Crippen molar-refractivity contribution in [3.8, 4) is 0 Å². The van der Waals surface area contributed by atoms with Gasteiger partial charge in [-0.2, -0.15) is 4.98 Å². The summed E-state index contributed by atoms with van der Waals surface area (Å²) in [5, 5.41) is 10.7. The molecule has 1 aromatic heterocycles. The lowest BCUT2D eigenvalue weighted by Crippen LogP contribution is -2.43. The van der Waals surface area contributed by atoms with Crippen LogP contribution in [0.4, 0.5) is 4.39 Å². The number of aliphatic imine (C=N–C) groups is 1. The first-order valence-electron chi connectivity index (χ1n) is 8.08. The van der Waals surface area contributed by atoms with Crippen LogP contribution >= 0.6 is 35.6 Å². The molecule has 0 aliphatic heterocycles. The van der Waals surface area contributed by atoms with Gasteiger partial charge in [-0.3, -0.25) is 0 Å². The fourth-order valence-corrected chi connectivity index (χ4v) is 2.76. The molecule has 0 amide bonds. The van der Waals surface area contributed by atoms with Gasteiger partial charge in [0.1, 0.15) is 12.4 Å². The van der Waals surface area contributed by atoms with E-state index < -0.39 is 0 Å². The zero-order valence-electron chi connectivity index (χ0n) is 15.3. The first-order valence-corrected chi connectivity index (χ1v) is 8.46. The molecule has 0 radical (unpaired) electrons. The highest BCUT2D eigenvalue weighted by atomic mass is 127. The molecule has 9 heteroatoms. The van der Waals surface area contributed by atoms with Gasteiger partial charge in [0.2, 0.25) is 5.89 Å². The number of hydrogen-bond donors (Lipinski definition) is 2. The lowest BCUT2D eigenvalue weighted by atomic mass is 9.84. The number of halogens is 3. The van der Waals surface area contributed by atoms with E-state index in [0.29, 0.717) is 35.8 Å². The van der Waals surface area contributed by atoms with E-state index in [1.54, 1.807) is 13.0 Å². The van der Waals surface area contributed by atoms with E-state index in [4.69, 9.17) is 16.1 Å². The fourth-order valence-electron chi connectivity index (χ4n) is 2.34. The number of aromatic nitrogens is 2. The van der Waals surface area contributed by atoms with Crippen LogP contribution in [0.25, 0.3) is 0 Å². The molecule has 0 aliphatic rings. The Hall–Kier alpha value is -1.42. The maximum Gasteiger partial charge on any atom is 0.223 e. The molecule has 144 valence electrons. The Morgan fingerprint density at radius 2 is 2.08 bits per heavy atom. The highest BCUT2D eigenvalue weighted by Crippen LogP contribution is 2.29. The summed E-state index contributed by atoms with van der Waals surface area (Å²) < 4.78 is 18.2. The third-order valence-electron chi connectivity index (χ3n) is 3.65. The van der Waals surface area contributed by atoms with Crippen LogP contribution in [0.5, 0.6) is 0 Å². The zero-order chi connectivity index (χ0) is 18.4. The SMILES string of the molecule is CCNC(=NCc1noc(C)n1)NCC(C)(C)c1ccc(F)cc1Cl.I. The van der Waals surface area contributed by atoms with Gasteiger partial charge in [0.15, 0.2) is 11.8 Å². The van der Waals surface area contributed by atoms with Crippen LogP contribution in [0.2, 0.25) is 5.02 Å². The Labute approximate surface area is 175 Å². The second-order valence-corrected chi connectivity index (χ2v) is 6.69. The van der Waals surface area contributed by atoms with Crippen LogP contribution in [0.1, 0.15) is 38.0 Å². The normalized spacial score (nSPS) is 11.8. The van der Waals surface area contributed by atoms with Gasteiger partial charge >= 0.3 is 0 Å². The average Bonchev–Trinajstić information content (AvgIpc) is 2.95. The smallest absolute Gasteiger partial charge is 0.223 e. The van der Waals surface area contributed by atoms with Crippen LogP contribution < -0.4 is 10.6 Å². The molecular formula is C17H24ClFIN5O. The van der Waals surface area contributed by atoms with Crippen molar-refractivity contribution in [2.24, 2.45) is 4.99 Å². The third-order valence-corrected chi connectivity index (χ3v) is 3.96. The summed E-state index contributed by atoms with van der Waals surface area (Å²) in [5.41, 5.74) is 0.552. The lowest BCUT2D eigenvalue weighted by molar-refractivity contribution is 0.387. The standard InChI is InChI=1S/C17H23ClFN5O.HI/c1-5-20-16(21-9-15-23-11(2)25-24-15)22-10-17(3,4)13-7-6-12(19)8-14(13)18;/h6-8H,5,9-10H2,1-4H3,(H2,20,21,22);1H. The molecule has 0 fully saturated rings. The largest absolute Gasteiger partial charge is 0.357 e. The predicted octanol–water partition coefficient (Wildman–Crippen LogP) is 3.82. The topological polar surface area (TPSA) is 75.3 Å². The van der Waals surface area contributed by atoms with E-state index >= 15 is 0 Å². The van der Waals surface area contributed by atoms with Gasteiger partial charge in [0.25, 0.3) is 0 Å². The Bertz CT molecular complexity index is 751. The zero-order valence-corrected chi connectivity index (χ0v) is 18.4. The van der Waals surface area contributed by atoms with Crippen molar-refractivity contribution in [1.29, 1.82) is 0 Å². The number of nitrogens with one attached hydrogen (secondary N) is 2. The molecule has 0 bridgehead atoms. The van der Waals surface area contributed by atoms with Gasteiger partial charge in [-0.1, -0.05) is 36.7 Å². The van der Waals surface area contributed by atoms with Crippen LogP contribution in [0.15, 0.2) is 27.7 Å². The second kappa shape index (κ2) is 10.1. The Kier molecular flexibility index (Phi) is 8.75. The lowest BCUT2D eigenvalue weighted by Gasteiger charge is -2.27. The van der Waals surface area contributed by atoms with Crippen molar-refractivity contribution in [2.45, 2.75) is 39.7 Å². The van der Waals surface area contributed by atoms with Gasteiger partial charge in [-0.05, 0) is 24.6 Å². The van der Waals surface area contributed by atoms with Gasteiger partial charge < -0.3 is 15.2 Å². The van der Waals surface area contributed by atoms with E-state index in [0.717, 1.165) is 12.1 Å². The van der Waals surface area contributed by atoms with Crippen LogP contribution in [-0.2, 0) is 12.0 Å². The molecule has 0 saturated carbocycles. The molecule has 1 aromatic carbocycles. The molecule has 0 unspecified atom stereocenters. The highest BCUT2D eigenvalue weighted by molar-refractivity contribution is 14.0. The van der Waals surface area contributed by atoms with E-state index in [2.05, 4.69) is 25.8 Å². The third kappa shape index (κ3) is 6.39. The molecule has 2 rings (SSSR count). The monoisotopic (exact) mass is 495 g/mol. The Balaban J connectivity index is 0.00000338. The minimum absolute atomic E-state index is 0. The van der Waals surface area contributed by atoms with Gasteiger partial charge in [0.05, 0.1) is 0 Å². The first kappa shape index (κ1) is 22.6. The molecule has 0 spiro atoms. The van der Waals surface area contributed by atoms with E-state index in [-0.39, 0.29) is 35.2 Å². The highest BCUT2D eigenvalue weighted by Gasteiger charge is 2.24. The maximum atomic E-state index is 13.3. The summed E-state index contributed by atoms with van der Waals surface area (Å²) in [6.45, 7) is 9.38. The predicted molar refractivity (Wildman–Crippen MR) is 112 cm³/mol. The van der Waals surface area contributed by atoms with Crippen molar-refractivity contribution < 1.29 is 8.91 Å². The number of aryl methyl sites for hydroxylation is 1. The average molecular weight is 496 g/mol. The second-order valence-electron chi connectivity index (χ2n) is 6.29. The molecule has 1 heterocycles. The van der Waals surface area contributed by atoms with Crippen molar-refractivity contribution in [2.75, 3.05) is 13.1 Å². The summed E-state index contributed by atoms with van der Waals surface area (Å²) in [5.74, 6) is 1.32. The fraction of sp³-hybridized carbons (Fsp3) is 0.471. The number of hydrogen-bond acceptors (Lipinski definition) is 4. The van der Waals surface area contributed by atoms with Crippen molar-refractivity contribution in [1.82, 2.24) is 20.8 Å². The van der Waals surface area contributed by atoms with Crippen LogP contribution in [-0.4, -0.2) is 29.2 Å². The van der Waals surface area contributed by atoms with Crippen molar-refractivity contribution in [3.05, 3.63) is 46.3 Å². The summed E-state index contributed by atoms with van der Waals surface area (Å²) in [4.78, 5) is 8.57. The molecular weight excluding hydrogens is 472 g/mol. The molecule has 26 heavy (non-hydrogen) atoms. The minimum Gasteiger partial charge on any atom is -0.357 e. The summed E-state index contributed by atoms with van der Waals surface area (Å²) >= 11 is 6.19. The molecule has 2 aromatic rings. The number of nitrogens with zero attached hydrogens (tertiary/aromatic N) is 3. The van der Waals surface area contributed by atoms with Gasteiger partial charge in [-0.25, -0.2) is 9.38 Å². The summed E-state index contributed by atoms with van der Waals surface area (Å²) in [7, 11) is 0. The van der Waals surface area contributed by atoms with Crippen molar-refractivity contribution >= 4 is 41.5 Å². The van der Waals surface area contributed by atoms with Crippen LogP contribution in [0, 0.1) is 12.7 Å². The number of rotatable bonds is 6.